The van der Waals surface area contributed by atoms with Crippen LogP contribution in [0.1, 0.15) is 44.2 Å². The second kappa shape index (κ2) is 7.77. The van der Waals surface area contributed by atoms with Gasteiger partial charge in [0.05, 0.1) is 17.6 Å². The fourth-order valence-electron chi connectivity index (χ4n) is 4.58. The number of nitrogen functional groups attached to an aromatic ring is 1. The van der Waals surface area contributed by atoms with Gasteiger partial charge in [0.15, 0.2) is 5.82 Å². The van der Waals surface area contributed by atoms with Gasteiger partial charge in [-0.05, 0) is 70.4 Å². The number of aromatic nitrogens is 6. The van der Waals surface area contributed by atoms with E-state index in [1.807, 2.05) is 9.20 Å². The lowest BCUT2D eigenvalue weighted by molar-refractivity contribution is 0.255. The number of anilines is 1. The van der Waals surface area contributed by atoms with E-state index in [1.54, 1.807) is 6.20 Å². The number of hydrogen-bond acceptors (Lipinski definition) is 6. The number of hydrogen-bond donors (Lipinski definition) is 1. The maximum atomic E-state index is 6.31. The van der Waals surface area contributed by atoms with Crippen molar-refractivity contribution in [1.29, 1.82) is 0 Å². The summed E-state index contributed by atoms with van der Waals surface area (Å²) in [5.74, 6) is 1.03. The quantitative estimate of drug-likeness (QED) is 0.546. The highest BCUT2D eigenvalue weighted by Crippen LogP contribution is 2.36. The van der Waals surface area contributed by atoms with Crippen molar-refractivity contribution in [2.75, 3.05) is 25.9 Å². The van der Waals surface area contributed by atoms with Crippen LogP contribution in [0.15, 0.2) is 42.9 Å². The predicted molar refractivity (Wildman–Crippen MR) is 122 cm³/mol. The van der Waals surface area contributed by atoms with Crippen LogP contribution in [0, 0.1) is 0 Å². The summed E-state index contributed by atoms with van der Waals surface area (Å²) in [5, 5.41) is 12.9. The molecule has 0 unspecified atom stereocenters. The molecule has 31 heavy (non-hydrogen) atoms. The number of likely N-dealkylation sites (tertiary alicyclic amines) is 1. The molecule has 8 nitrogen and oxygen atoms in total. The predicted octanol–water partition coefficient (Wildman–Crippen LogP) is 3.63. The molecular weight excluding hydrogens is 388 g/mol. The molecule has 4 aromatic rings. The molecule has 8 heteroatoms. The summed E-state index contributed by atoms with van der Waals surface area (Å²) < 4.78 is 3.80. The first-order valence-electron chi connectivity index (χ1n) is 10.8. The Morgan fingerprint density at radius 3 is 2.68 bits per heavy atom. The van der Waals surface area contributed by atoms with Gasteiger partial charge in [0.1, 0.15) is 11.8 Å². The summed E-state index contributed by atoms with van der Waals surface area (Å²) in [4.78, 5) is 6.65. The normalized spacial score (nSPS) is 15.9. The number of nitrogens with zero attached hydrogens (tertiary/aromatic N) is 7. The summed E-state index contributed by atoms with van der Waals surface area (Å²) in [6.45, 7) is 6.46. The minimum Gasteiger partial charge on any atom is -0.382 e. The van der Waals surface area contributed by atoms with E-state index in [1.165, 1.54) is 24.7 Å². The molecule has 1 aromatic carbocycles. The van der Waals surface area contributed by atoms with E-state index in [0.29, 0.717) is 11.7 Å². The highest BCUT2D eigenvalue weighted by atomic mass is 15.4. The van der Waals surface area contributed by atoms with Crippen molar-refractivity contribution in [3.8, 4) is 22.5 Å². The molecule has 0 bridgehead atoms. The third kappa shape index (κ3) is 3.46. The zero-order valence-corrected chi connectivity index (χ0v) is 18.2. The first kappa shape index (κ1) is 19.7. The second-order valence-corrected chi connectivity index (χ2v) is 8.71. The highest BCUT2D eigenvalue weighted by molar-refractivity contribution is 5.90. The van der Waals surface area contributed by atoms with Gasteiger partial charge in [-0.2, -0.15) is 5.10 Å². The van der Waals surface area contributed by atoms with Crippen LogP contribution >= 0.6 is 0 Å². The van der Waals surface area contributed by atoms with Crippen LogP contribution in [0.3, 0.4) is 0 Å². The highest BCUT2D eigenvalue weighted by Gasteiger charge is 2.22. The molecule has 0 radical (unpaired) electrons. The summed E-state index contributed by atoms with van der Waals surface area (Å²) in [7, 11) is 2.20. The Balaban J connectivity index is 1.64. The van der Waals surface area contributed by atoms with Crippen molar-refractivity contribution in [1.82, 2.24) is 34.5 Å². The van der Waals surface area contributed by atoms with E-state index in [-0.39, 0.29) is 6.04 Å². The van der Waals surface area contributed by atoms with E-state index >= 15 is 0 Å². The third-order valence-electron chi connectivity index (χ3n) is 6.30. The van der Waals surface area contributed by atoms with Crippen molar-refractivity contribution >= 4 is 11.3 Å². The van der Waals surface area contributed by atoms with E-state index in [4.69, 9.17) is 5.73 Å². The second-order valence-electron chi connectivity index (χ2n) is 8.71. The van der Waals surface area contributed by atoms with Crippen LogP contribution in [0.25, 0.3) is 28.0 Å². The van der Waals surface area contributed by atoms with Crippen LogP contribution in [0.4, 0.5) is 5.82 Å². The zero-order chi connectivity index (χ0) is 21.5. The van der Waals surface area contributed by atoms with Gasteiger partial charge >= 0.3 is 0 Å². The fourth-order valence-corrected chi connectivity index (χ4v) is 4.58. The first-order chi connectivity index (χ1) is 15.0. The SMILES string of the molecule is CC(C)n1nncc1-c1cc(-c2cccc(C3CCN(C)CC3)c2)n2ncnc(N)c12. The Bertz CT molecular complexity index is 1210. The molecular formula is C23H28N8. The summed E-state index contributed by atoms with van der Waals surface area (Å²) >= 11 is 0. The smallest absolute Gasteiger partial charge is 0.152 e. The largest absolute Gasteiger partial charge is 0.382 e. The minimum absolute atomic E-state index is 0.175. The Kier molecular flexibility index (Phi) is 4.94. The molecule has 0 spiro atoms. The van der Waals surface area contributed by atoms with E-state index < -0.39 is 0 Å². The molecule has 0 saturated carbocycles. The summed E-state index contributed by atoms with van der Waals surface area (Å²) in [6, 6.07) is 11.1. The Morgan fingerprint density at radius 2 is 1.90 bits per heavy atom. The van der Waals surface area contributed by atoms with Gasteiger partial charge in [-0.3, -0.25) is 0 Å². The molecule has 0 aliphatic carbocycles. The molecule has 1 aliphatic rings. The van der Waals surface area contributed by atoms with Crippen molar-refractivity contribution in [2.45, 2.75) is 38.6 Å². The maximum absolute atomic E-state index is 6.31. The van der Waals surface area contributed by atoms with E-state index in [9.17, 15) is 0 Å². The third-order valence-corrected chi connectivity index (χ3v) is 6.30. The summed E-state index contributed by atoms with van der Waals surface area (Å²) in [6.07, 6.45) is 5.66. The molecule has 0 amide bonds. The molecule has 1 fully saturated rings. The van der Waals surface area contributed by atoms with Crippen molar-refractivity contribution in [3.05, 3.63) is 48.4 Å². The number of benzene rings is 1. The molecule has 0 atom stereocenters. The average molecular weight is 417 g/mol. The lowest BCUT2D eigenvalue weighted by Crippen LogP contribution is -2.29. The number of fused-ring (bicyclic) bond motifs is 1. The van der Waals surface area contributed by atoms with Gasteiger partial charge < -0.3 is 10.6 Å². The van der Waals surface area contributed by atoms with Gasteiger partial charge in [-0.1, -0.05) is 23.4 Å². The van der Waals surface area contributed by atoms with Gasteiger partial charge in [0.25, 0.3) is 0 Å². The molecule has 4 heterocycles. The fraction of sp³-hybridized carbons (Fsp3) is 0.391. The molecule has 2 N–H and O–H groups in total. The minimum atomic E-state index is 0.175. The van der Waals surface area contributed by atoms with Gasteiger partial charge in [-0.15, -0.1) is 5.10 Å². The molecule has 1 saturated heterocycles. The van der Waals surface area contributed by atoms with Crippen molar-refractivity contribution in [2.24, 2.45) is 0 Å². The van der Waals surface area contributed by atoms with E-state index in [0.717, 1.165) is 41.1 Å². The molecule has 1 aliphatic heterocycles. The van der Waals surface area contributed by atoms with Crippen molar-refractivity contribution < 1.29 is 0 Å². The molecule has 3 aromatic heterocycles. The Morgan fingerprint density at radius 1 is 1.10 bits per heavy atom. The molecule has 5 rings (SSSR count). The van der Waals surface area contributed by atoms with Gasteiger partial charge in [-0.25, -0.2) is 14.2 Å². The van der Waals surface area contributed by atoms with Crippen LogP contribution in [0.2, 0.25) is 0 Å². The Labute approximate surface area is 181 Å². The molecule has 160 valence electrons. The monoisotopic (exact) mass is 416 g/mol. The van der Waals surface area contributed by atoms with Crippen LogP contribution in [-0.4, -0.2) is 54.6 Å². The lowest BCUT2D eigenvalue weighted by Gasteiger charge is -2.29. The topological polar surface area (TPSA) is 90.2 Å². The lowest BCUT2D eigenvalue weighted by atomic mass is 9.88. The van der Waals surface area contributed by atoms with Crippen LogP contribution in [0.5, 0.6) is 0 Å². The number of nitrogens with two attached hydrogens (primary N) is 1. The first-order valence-corrected chi connectivity index (χ1v) is 10.8. The maximum Gasteiger partial charge on any atom is 0.152 e. The zero-order valence-electron chi connectivity index (χ0n) is 18.2. The average Bonchev–Trinajstić information content (AvgIpc) is 3.40. The summed E-state index contributed by atoms with van der Waals surface area (Å²) in [5.41, 5.74) is 12.5. The van der Waals surface area contributed by atoms with Crippen LogP contribution < -0.4 is 5.73 Å². The van der Waals surface area contributed by atoms with Gasteiger partial charge in [0.2, 0.25) is 0 Å². The van der Waals surface area contributed by atoms with E-state index in [2.05, 4.69) is 76.5 Å². The van der Waals surface area contributed by atoms with Gasteiger partial charge in [0, 0.05) is 17.2 Å². The standard InChI is InChI=1S/C23H28N8/c1-15(2)30-21(13-26-28-30)19-12-20(31-22(19)23(24)25-14-27-31)18-6-4-5-17(11-18)16-7-9-29(3)10-8-16/h4-6,11-16H,7-10H2,1-3H3,(H2,24,25,27). The number of piperidine rings is 1. The van der Waals surface area contributed by atoms with Crippen LogP contribution in [-0.2, 0) is 0 Å². The Hall–Kier alpha value is -3.26. The van der Waals surface area contributed by atoms with Crippen molar-refractivity contribution in [3.63, 3.8) is 0 Å². The number of rotatable bonds is 4.